The summed E-state index contributed by atoms with van der Waals surface area (Å²) < 4.78 is 45.2. The molecular weight excluding hydrogens is 953 g/mol. The van der Waals surface area contributed by atoms with Gasteiger partial charge in [0.1, 0.15) is 41.2 Å². The molecule has 4 amide bonds. The number of allylic oxidation sites excluding steroid dienone is 2. The molecule has 2 aromatic heterocycles. The van der Waals surface area contributed by atoms with Gasteiger partial charge in [-0.3, -0.25) is 39.3 Å². The zero-order valence-corrected chi connectivity index (χ0v) is 41.0. The SMILES string of the molecule is C#Cc1c(F)ccc2cc(O)cc(-c3ncc4c(N5CC6CCC(C5)N6)nc(OCC56CCC(CNCCC(CCO)CCOC7C=CC=C8C(=O)N(C9CCC(=O)NC9=O)C(=O)C87)N5CC(=C)C6)nc4c3F)c12. The number of rotatable bonds is 17. The van der Waals surface area contributed by atoms with E-state index in [0.717, 1.165) is 42.6 Å². The van der Waals surface area contributed by atoms with Gasteiger partial charge in [0.25, 0.3) is 5.91 Å². The minimum Gasteiger partial charge on any atom is -0.508 e. The van der Waals surface area contributed by atoms with E-state index in [1.54, 1.807) is 18.2 Å². The molecule has 8 unspecified atom stereocenters. The minimum atomic E-state index is -1.04. The van der Waals surface area contributed by atoms with Crippen LogP contribution < -0.4 is 25.6 Å². The summed E-state index contributed by atoms with van der Waals surface area (Å²) in [6.07, 6.45) is 18.2. The summed E-state index contributed by atoms with van der Waals surface area (Å²) in [6.45, 7) is 8.32. The number of aromatic nitrogens is 3. The number of piperazine rings is 1. The van der Waals surface area contributed by atoms with Crippen molar-refractivity contribution in [1.82, 2.24) is 40.7 Å². The van der Waals surface area contributed by atoms with E-state index in [4.69, 9.17) is 25.9 Å². The van der Waals surface area contributed by atoms with Crippen LogP contribution in [0.1, 0.15) is 69.8 Å². The van der Waals surface area contributed by atoms with E-state index in [1.807, 2.05) is 0 Å². The number of halogens is 2. The molecule has 7 aliphatic rings. The first kappa shape index (κ1) is 49.5. The molecule has 8 heterocycles. The number of pyridine rings is 1. The molecule has 4 aromatic rings. The Balaban J connectivity index is 0.751. The summed E-state index contributed by atoms with van der Waals surface area (Å²) in [5, 5.41) is 31.3. The molecule has 6 fully saturated rings. The molecule has 0 spiro atoms. The fourth-order valence-electron chi connectivity index (χ4n) is 12.7. The van der Waals surface area contributed by atoms with Crippen LogP contribution in [0, 0.1) is 35.8 Å². The Labute approximate surface area is 426 Å². The highest BCUT2D eigenvalue weighted by Crippen LogP contribution is 2.45. The maximum atomic E-state index is 17.3. The van der Waals surface area contributed by atoms with Crippen molar-refractivity contribution < 1.29 is 47.6 Å². The maximum Gasteiger partial charge on any atom is 0.319 e. The minimum absolute atomic E-state index is 0.00513. The number of aromatic hydroxyl groups is 1. The van der Waals surface area contributed by atoms with Gasteiger partial charge in [-0.1, -0.05) is 42.4 Å². The first-order chi connectivity index (χ1) is 35.8. The maximum absolute atomic E-state index is 17.3. The molecule has 0 saturated carbocycles. The van der Waals surface area contributed by atoms with Crippen LogP contribution >= 0.6 is 0 Å². The summed E-state index contributed by atoms with van der Waals surface area (Å²) in [7, 11) is 0. The molecule has 386 valence electrons. The van der Waals surface area contributed by atoms with Crippen LogP contribution in [0.2, 0.25) is 0 Å². The van der Waals surface area contributed by atoms with Crippen LogP contribution in [-0.4, -0.2) is 147 Å². The monoisotopic (exact) mass is 1010 g/mol. The largest absolute Gasteiger partial charge is 0.508 e. The molecule has 11 rings (SSSR count). The highest BCUT2D eigenvalue weighted by Gasteiger charge is 2.53. The zero-order chi connectivity index (χ0) is 51.4. The molecule has 8 atom stereocenters. The normalized spacial score (nSPS) is 27.0. The van der Waals surface area contributed by atoms with Gasteiger partial charge in [-0.05, 0) is 93.8 Å². The smallest absolute Gasteiger partial charge is 0.319 e. The Morgan fingerprint density at radius 3 is 2.66 bits per heavy atom. The molecule has 1 aliphatic carbocycles. The molecule has 2 aromatic carbocycles. The van der Waals surface area contributed by atoms with Crippen molar-refractivity contribution in [2.24, 2.45) is 11.8 Å². The van der Waals surface area contributed by atoms with Crippen molar-refractivity contribution in [2.75, 3.05) is 57.4 Å². The Morgan fingerprint density at radius 1 is 1.05 bits per heavy atom. The third-order valence-electron chi connectivity index (χ3n) is 16.3. The second-order valence-electron chi connectivity index (χ2n) is 20.9. The lowest BCUT2D eigenvalue weighted by Crippen LogP contribution is -2.54. The van der Waals surface area contributed by atoms with Crippen LogP contribution in [0.4, 0.5) is 14.6 Å². The number of imide groups is 2. The number of anilines is 1. The molecule has 6 saturated heterocycles. The Bertz CT molecular complexity index is 3080. The number of fused-ring (bicyclic) bond motifs is 6. The number of nitrogens with zero attached hydrogens (tertiary/aromatic N) is 6. The lowest BCUT2D eigenvalue weighted by molar-refractivity contribution is -0.151. The predicted octanol–water partition coefficient (Wildman–Crippen LogP) is 4.33. The molecule has 5 N–H and O–H groups in total. The number of aliphatic hydroxyl groups is 1. The number of nitrogens with one attached hydrogen (secondary N) is 3. The van der Waals surface area contributed by atoms with E-state index in [2.05, 4.69) is 43.2 Å². The standard InChI is InChI=1S/C55H59F2N9O8/c1-3-37-41(56)10-7-32-21-36(68)22-39(45(32)37)48-47(57)49-40(25-59-48)50(64-27-33-8-9-34(28-64)60-33)63-54(62-49)74-29-55-17-13-35(65(55)26-30(2)23-55)24-58-18-14-31(15-19-67)16-20-73-43-6-4-5-38-46(43)53(72)66(52(38)71)42-11-12-44(69)61-51(42)70/h1,4-7,10,21-22,25,31,33-35,42-43,46,58,60,67-68H,2,8-9,11-20,23-24,26-29H2,(H,61,69,70). The van der Waals surface area contributed by atoms with E-state index >= 15 is 8.78 Å². The van der Waals surface area contributed by atoms with Crippen LogP contribution in [0.5, 0.6) is 11.8 Å². The number of terminal acetylenes is 1. The lowest BCUT2D eigenvalue weighted by atomic mass is 9.91. The van der Waals surface area contributed by atoms with Crippen molar-refractivity contribution in [3.8, 4) is 35.4 Å². The highest BCUT2D eigenvalue weighted by atomic mass is 19.1. The number of piperidine rings is 1. The molecule has 74 heavy (non-hydrogen) atoms. The van der Waals surface area contributed by atoms with Crippen molar-refractivity contribution in [3.05, 3.63) is 83.6 Å². The molecular formula is C55H59F2N9O8. The molecule has 17 nitrogen and oxygen atoms in total. The molecule has 2 bridgehead atoms. The number of phenols is 1. The topological polar surface area (TPSA) is 212 Å². The van der Waals surface area contributed by atoms with Gasteiger partial charge in [0, 0.05) is 86.7 Å². The van der Waals surface area contributed by atoms with Gasteiger partial charge in [-0.25, -0.2) is 8.78 Å². The first-order valence-corrected chi connectivity index (χ1v) is 25.7. The fraction of sp³-hybridized carbons (Fsp3) is 0.473. The number of hydrogen-bond acceptors (Lipinski definition) is 15. The quantitative estimate of drug-likeness (QED) is 0.0432. The summed E-state index contributed by atoms with van der Waals surface area (Å²) in [4.78, 5) is 71.1. The van der Waals surface area contributed by atoms with E-state index in [0.29, 0.717) is 68.6 Å². The van der Waals surface area contributed by atoms with E-state index in [-0.39, 0.29) is 102 Å². The Hall–Kier alpha value is -6.69. The number of benzene rings is 2. The number of aliphatic hydroxyl groups excluding tert-OH is 1. The van der Waals surface area contributed by atoms with Crippen molar-refractivity contribution >= 4 is 51.1 Å². The van der Waals surface area contributed by atoms with Gasteiger partial charge in [0.2, 0.25) is 17.7 Å². The molecule has 0 radical (unpaired) electrons. The van der Waals surface area contributed by atoms with E-state index in [9.17, 15) is 29.4 Å². The number of likely N-dealkylation sites (tertiary alicyclic amines) is 1. The Kier molecular flexibility index (Phi) is 13.5. The number of ether oxygens (including phenoxy) is 2. The number of amides is 4. The summed E-state index contributed by atoms with van der Waals surface area (Å²) >= 11 is 0. The number of phenolic OH excluding ortho intramolecular Hbond substituents is 1. The van der Waals surface area contributed by atoms with Gasteiger partial charge in [-0.15, -0.1) is 6.42 Å². The average molecular weight is 1010 g/mol. The predicted molar refractivity (Wildman–Crippen MR) is 269 cm³/mol. The third-order valence-corrected chi connectivity index (χ3v) is 16.3. The fourth-order valence-corrected chi connectivity index (χ4v) is 12.7. The van der Waals surface area contributed by atoms with Crippen LogP contribution in [0.25, 0.3) is 32.9 Å². The highest BCUT2D eigenvalue weighted by molar-refractivity contribution is 6.18. The van der Waals surface area contributed by atoms with E-state index < -0.39 is 58.9 Å². The van der Waals surface area contributed by atoms with Crippen LogP contribution in [0.3, 0.4) is 0 Å². The van der Waals surface area contributed by atoms with Gasteiger partial charge in [0.05, 0.1) is 28.5 Å². The first-order valence-electron chi connectivity index (χ1n) is 25.7. The van der Waals surface area contributed by atoms with Crippen LogP contribution in [-0.2, 0) is 23.9 Å². The van der Waals surface area contributed by atoms with Crippen molar-refractivity contribution in [2.45, 2.75) is 100 Å². The molecule has 19 heteroatoms. The van der Waals surface area contributed by atoms with Gasteiger partial charge < -0.3 is 35.2 Å². The number of carbonyl (C=O) groups is 4. The second kappa shape index (κ2) is 20.2. The average Bonchev–Trinajstić information content (AvgIpc) is 4.09. The van der Waals surface area contributed by atoms with Gasteiger partial charge in [-0.2, -0.15) is 9.97 Å². The zero-order valence-electron chi connectivity index (χ0n) is 41.0. The third kappa shape index (κ3) is 9.10. The van der Waals surface area contributed by atoms with Gasteiger partial charge in [0.15, 0.2) is 5.82 Å². The number of hydrogen-bond donors (Lipinski definition) is 5. The van der Waals surface area contributed by atoms with Crippen molar-refractivity contribution in [1.29, 1.82) is 0 Å². The molecule has 6 aliphatic heterocycles. The lowest BCUT2D eigenvalue weighted by Gasteiger charge is -2.35. The van der Waals surface area contributed by atoms with Crippen LogP contribution in [0.15, 0.2) is 66.4 Å². The Morgan fingerprint density at radius 2 is 1.88 bits per heavy atom. The second-order valence-corrected chi connectivity index (χ2v) is 20.9. The summed E-state index contributed by atoms with van der Waals surface area (Å²) in [6, 6.07) is 5.13. The summed E-state index contributed by atoms with van der Waals surface area (Å²) in [5.41, 5.74) is 0.860. The number of carbonyl (C=O) groups excluding carboxylic acids is 4. The van der Waals surface area contributed by atoms with E-state index in [1.165, 1.54) is 30.5 Å². The van der Waals surface area contributed by atoms with Crippen molar-refractivity contribution in [3.63, 3.8) is 0 Å². The van der Waals surface area contributed by atoms with Gasteiger partial charge >= 0.3 is 6.01 Å². The summed E-state index contributed by atoms with van der Waals surface area (Å²) in [5.74, 6) is -1.59.